The maximum absolute atomic E-state index is 8.17. The fourth-order valence-electron chi connectivity index (χ4n) is 0.0577. The topological polar surface area (TPSA) is 60.7 Å². The Balaban J connectivity index is -0.000000125. The van der Waals surface area contributed by atoms with Crippen molar-refractivity contribution in [3.63, 3.8) is 0 Å². The second-order valence-corrected chi connectivity index (χ2v) is 1.02. The van der Waals surface area contributed by atoms with Crippen LogP contribution in [0.1, 0.15) is 0 Å². The van der Waals surface area contributed by atoms with Crippen LogP contribution in [-0.2, 0) is 17.1 Å². The van der Waals surface area contributed by atoms with Crippen LogP contribution in [0.3, 0.4) is 0 Å². The summed E-state index contributed by atoms with van der Waals surface area (Å²) in [6.45, 7) is -0.729. The van der Waals surface area contributed by atoms with Crippen molar-refractivity contribution in [1.29, 1.82) is 0 Å². The van der Waals surface area contributed by atoms with Crippen molar-refractivity contribution in [2.45, 2.75) is 6.10 Å². The predicted molar refractivity (Wildman–Crippen MR) is 27.4 cm³/mol. The van der Waals surface area contributed by atoms with Crippen molar-refractivity contribution in [3.8, 4) is 0 Å². The molecule has 0 rings (SSSR count). The van der Waals surface area contributed by atoms with E-state index in [9.17, 15) is 0 Å². The van der Waals surface area contributed by atoms with Crippen LogP contribution < -0.4 is 0 Å². The minimum absolute atomic E-state index is 0. The van der Waals surface area contributed by atoms with E-state index in [0.717, 1.165) is 0 Å². The summed E-state index contributed by atoms with van der Waals surface area (Å²) in [7, 11) is 0. The average molecular weight is 184 g/mol. The van der Waals surface area contributed by atoms with E-state index in [1.54, 1.807) is 0 Å². The number of hydrogen-bond acceptors (Lipinski definition) is 3. The molecule has 0 heterocycles. The molecule has 0 aromatic heterocycles. The van der Waals surface area contributed by atoms with Gasteiger partial charge in [0.25, 0.3) is 0 Å². The molecule has 0 unspecified atom stereocenters. The molecular weight excluding hydrogens is 175 g/mol. The van der Waals surface area contributed by atoms with E-state index < -0.39 is 6.10 Å². The molecule has 0 aliphatic rings. The molecule has 0 aromatic rings. The first-order chi connectivity index (χ1) is 2.81. The number of hydrogen-bond donors (Lipinski definition) is 3. The molecule has 8 heavy (non-hydrogen) atoms. The molecule has 0 atom stereocenters. The molecule has 5 heteroatoms. The van der Waals surface area contributed by atoms with Gasteiger partial charge in [-0.05, 0) is 0 Å². The van der Waals surface area contributed by atoms with Crippen molar-refractivity contribution in [3.05, 3.63) is 0 Å². The van der Waals surface area contributed by atoms with Gasteiger partial charge in [0.1, 0.15) is 6.10 Å². The van der Waals surface area contributed by atoms with Crippen molar-refractivity contribution in [2.75, 3.05) is 13.2 Å². The minimum Gasteiger partial charge on any atom is -0.394 e. The summed E-state index contributed by atoms with van der Waals surface area (Å²) in [5, 5.41) is 24.0. The van der Waals surface area contributed by atoms with E-state index in [1.165, 1.54) is 0 Å². The summed E-state index contributed by atoms with van der Waals surface area (Å²) in [6, 6.07) is 0. The van der Waals surface area contributed by atoms with Crippen LogP contribution in [0.5, 0.6) is 0 Å². The van der Waals surface area contributed by atoms with Crippen LogP contribution in [0.15, 0.2) is 0 Å². The smallest absolute Gasteiger partial charge is 0.100 e. The fraction of sp³-hybridized carbons (Fsp3) is 1.00. The van der Waals surface area contributed by atoms with Crippen LogP contribution >= 0.6 is 12.4 Å². The van der Waals surface area contributed by atoms with Crippen molar-refractivity contribution in [1.82, 2.24) is 0 Å². The first-order valence-corrected chi connectivity index (χ1v) is 1.71. The summed E-state index contributed by atoms with van der Waals surface area (Å²) >= 11 is 0. The van der Waals surface area contributed by atoms with Gasteiger partial charge in [-0.1, -0.05) is 0 Å². The van der Waals surface area contributed by atoms with E-state index in [-0.39, 0.29) is 42.7 Å². The summed E-state index contributed by atoms with van der Waals surface area (Å²) in [4.78, 5) is 0. The average Bonchev–Trinajstić information content (AvgIpc) is 1.65. The van der Waals surface area contributed by atoms with Gasteiger partial charge >= 0.3 is 0 Å². The summed E-state index contributed by atoms with van der Waals surface area (Å²) < 4.78 is 0. The molecule has 0 bridgehead atoms. The maximum atomic E-state index is 8.17. The number of aliphatic hydroxyl groups is 3. The van der Waals surface area contributed by atoms with Crippen molar-refractivity contribution < 1.29 is 32.4 Å². The fourth-order valence-corrected chi connectivity index (χ4v) is 0.0577. The van der Waals surface area contributed by atoms with Gasteiger partial charge in [-0.3, -0.25) is 0 Å². The van der Waals surface area contributed by atoms with Crippen LogP contribution in [0, 0.1) is 0 Å². The predicted octanol–water partition coefficient (Wildman–Crippen LogP) is -1.25. The van der Waals surface area contributed by atoms with Crippen LogP contribution in [0.25, 0.3) is 0 Å². The Bertz CT molecular complexity index is 33.7. The second-order valence-electron chi connectivity index (χ2n) is 1.02. The molecule has 0 amide bonds. The van der Waals surface area contributed by atoms with E-state index in [4.69, 9.17) is 15.3 Å². The van der Waals surface area contributed by atoms with Crippen LogP contribution in [0.4, 0.5) is 0 Å². The zero-order valence-corrected chi connectivity index (χ0v) is 6.02. The number of halogens is 1. The zero-order chi connectivity index (χ0) is 4.99. The Morgan fingerprint density at radius 1 is 1.12 bits per heavy atom. The van der Waals surface area contributed by atoms with E-state index >= 15 is 0 Å². The molecule has 0 fully saturated rings. The first kappa shape index (κ1) is 15.9. The van der Waals surface area contributed by atoms with Gasteiger partial charge in [0, 0.05) is 17.1 Å². The Kier molecular flexibility index (Phi) is 21.1. The van der Waals surface area contributed by atoms with Gasteiger partial charge < -0.3 is 15.3 Å². The second kappa shape index (κ2) is 10.6. The Labute approximate surface area is 64.6 Å². The molecule has 54 valence electrons. The quantitative estimate of drug-likeness (QED) is 0.470. The molecule has 0 spiro atoms. The minimum atomic E-state index is -0.954. The third-order valence-corrected chi connectivity index (χ3v) is 0.421. The molecule has 3 nitrogen and oxygen atoms in total. The summed E-state index contributed by atoms with van der Waals surface area (Å²) in [5.41, 5.74) is 0. The monoisotopic (exact) mass is 184 g/mol. The van der Waals surface area contributed by atoms with Gasteiger partial charge in [-0.2, -0.15) is 0 Å². The normalized spacial score (nSPS) is 7.50. The van der Waals surface area contributed by atoms with Crippen LogP contribution in [0.2, 0.25) is 0 Å². The molecule has 0 aliphatic carbocycles. The van der Waals surface area contributed by atoms with Gasteiger partial charge in [-0.25, -0.2) is 0 Å². The number of aliphatic hydroxyl groups excluding tert-OH is 3. The first-order valence-electron chi connectivity index (χ1n) is 1.71. The summed E-state index contributed by atoms with van der Waals surface area (Å²) in [6.07, 6.45) is -0.954. The molecular formula is C3H9ClFeO3. The van der Waals surface area contributed by atoms with Gasteiger partial charge in [0.15, 0.2) is 0 Å². The molecule has 3 N–H and O–H groups in total. The van der Waals surface area contributed by atoms with E-state index in [0.29, 0.717) is 0 Å². The van der Waals surface area contributed by atoms with E-state index in [2.05, 4.69) is 0 Å². The van der Waals surface area contributed by atoms with Crippen molar-refractivity contribution in [2.24, 2.45) is 0 Å². The standard InChI is InChI=1S/C3H8O3.ClH.Fe/c4-1-3(6)2-5;;/h3-6H,1-2H2;1H;. The SMILES string of the molecule is Cl.OCC(O)CO.[Fe]. The third-order valence-electron chi connectivity index (χ3n) is 0.421. The molecule has 0 radical (unpaired) electrons. The summed E-state index contributed by atoms with van der Waals surface area (Å²) in [5.74, 6) is 0. The van der Waals surface area contributed by atoms with Gasteiger partial charge in [-0.15, -0.1) is 12.4 Å². The maximum Gasteiger partial charge on any atom is 0.100 e. The molecule has 0 saturated heterocycles. The zero-order valence-electron chi connectivity index (χ0n) is 4.10. The molecule has 0 aliphatic heterocycles. The Morgan fingerprint density at radius 3 is 1.38 bits per heavy atom. The Hall–Kier alpha value is 0.689. The third kappa shape index (κ3) is 9.85. The van der Waals surface area contributed by atoms with Crippen LogP contribution in [-0.4, -0.2) is 34.6 Å². The largest absolute Gasteiger partial charge is 0.394 e. The van der Waals surface area contributed by atoms with Crippen molar-refractivity contribution >= 4 is 12.4 Å². The molecule has 0 aromatic carbocycles. The van der Waals surface area contributed by atoms with E-state index in [1.807, 2.05) is 0 Å². The van der Waals surface area contributed by atoms with Gasteiger partial charge in [0.05, 0.1) is 13.2 Å². The number of rotatable bonds is 2. The Morgan fingerprint density at radius 2 is 1.38 bits per heavy atom. The molecule has 0 saturated carbocycles. The van der Waals surface area contributed by atoms with Gasteiger partial charge in [0.2, 0.25) is 0 Å².